The molecule has 1 aliphatic rings. The molecule has 0 spiro atoms. The van der Waals surface area contributed by atoms with E-state index in [0.717, 1.165) is 12.5 Å². The highest BCUT2D eigenvalue weighted by Crippen LogP contribution is 2.20. The lowest BCUT2D eigenvalue weighted by Gasteiger charge is -2.27. The van der Waals surface area contributed by atoms with Crippen molar-refractivity contribution < 1.29 is 0 Å². The second-order valence-corrected chi connectivity index (χ2v) is 6.25. The summed E-state index contributed by atoms with van der Waals surface area (Å²) >= 11 is 0. The number of rotatable bonds is 7. The Kier molecular flexibility index (Phi) is 6.02. The zero-order valence-corrected chi connectivity index (χ0v) is 13.0. The van der Waals surface area contributed by atoms with Gasteiger partial charge in [-0.2, -0.15) is 0 Å². The van der Waals surface area contributed by atoms with Gasteiger partial charge in [0.1, 0.15) is 0 Å². The fourth-order valence-electron chi connectivity index (χ4n) is 3.20. The largest absolute Gasteiger partial charge is 0.324 e. The van der Waals surface area contributed by atoms with Crippen molar-refractivity contribution in [2.75, 3.05) is 33.7 Å². The van der Waals surface area contributed by atoms with Crippen molar-refractivity contribution in [2.45, 2.75) is 37.8 Å². The Morgan fingerprint density at radius 1 is 1.30 bits per heavy atom. The lowest BCUT2D eigenvalue weighted by Crippen LogP contribution is -2.38. The van der Waals surface area contributed by atoms with Gasteiger partial charge in [0.05, 0.1) is 0 Å². The number of likely N-dealkylation sites (tertiary alicyclic amines) is 1. The predicted octanol–water partition coefficient (Wildman–Crippen LogP) is 2.49. The predicted molar refractivity (Wildman–Crippen MR) is 85.8 cm³/mol. The summed E-state index contributed by atoms with van der Waals surface area (Å²) in [5.41, 5.74) is 7.53. The molecule has 112 valence electrons. The molecule has 3 nitrogen and oxygen atoms in total. The van der Waals surface area contributed by atoms with E-state index in [1.165, 1.54) is 44.5 Å². The van der Waals surface area contributed by atoms with E-state index in [1.807, 2.05) is 6.07 Å². The third kappa shape index (κ3) is 4.58. The van der Waals surface area contributed by atoms with Crippen molar-refractivity contribution in [2.24, 2.45) is 5.73 Å². The van der Waals surface area contributed by atoms with Crippen molar-refractivity contribution in [3.05, 3.63) is 35.9 Å². The van der Waals surface area contributed by atoms with Crippen molar-refractivity contribution in [3.63, 3.8) is 0 Å². The van der Waals surface area contributed by atoms with Crippen LogP contribution in [0.1, 0.15) is 37.3 Å². The van der Waals surface area contributed by atoms with Crippen molar-refractivity contribution in [1.29, 1.82) is 0 Å². The first-order valence-corrected chi connectivity index (χ1v) is 7.86. The third-order valence-electron chi connectivity index (χ3n) is 4.26. The van der Waals surface area contributed by atoms with Gasteiger partial charge in [0.15, 0.2) is 0 Å². The van der Waals surface area contributed by atoms with Gasteiger partial charge in [-0.15, -0.1) is 0 Å². The maximum Gasteiger partial charge on any atom is 0.0295 e. The SMILES string of the molecule is CN(C)CC1CCCN1CCCC(N)c1ccccc1. The summed E-state index contributed by atoms with van der Waals surface area (Å²) in [6, 6.07) is 11.4. The Balaban J connectivity index is 1.72. The first-order chi connectivity index (χ1) is 9.66. The van der Waals surface area contributed by atoms with Crippen LogP contribution in [-0.4, -0.2) is 49.6 Å². The van der Waals surface area contributed by atoms with Gasteiger partial charge in [0.25, 0.3) is 0 Å². The zero-order valence-electron chi connectivity index (χ0n) is 13.0. The minimum absolute atomic E-state index is 0.186. The van der Waals surface area contributed by atoms with Crippen LogP contribution in [0.5, 0.6) is 0 Å². The zero-order chi connectivity index (χ0) is 14.4. The molecule has 0 amide bonds. The number of benzene rings is 1. The smallest absolute Gasteiger partial charge is 0.0295 e. The van der Waals surface area contributed by atoms with Crippen LogP contribution >= 0.6 is 0 Å². The summed E-state index contributed by atoms with van der Waals surface area (Å²) < 4.78 is 0. The van der Waals surface area contributed by atoms with Crippen LogP contribution in [0.2, 0.25) is 0 Å². The quantitative estimate of drug-likeness (QED) is 0.830. The Morgan fingerprint density at radius 2 is 2.05 bits per heavy atom. The van der Waals surface area contributed by atoms with Crippen LogP contribution in [0.25, 0.3) is 0 Å². The van der Waals surface area contributed by atoms with Gasteiger partial charge in [-0.25, -0.2) is 0 Å². The van der Waals surface area contributed by atoms with Gasteiger partial charge in [-0.3, -0.25) is 4.90 Å². The number of hydrogen-bond acceptors (Lipinski definition) is 3. The molecule has 2 atom stereocenters. The fraction of sp³-hybridized carbons (Fsp3) is 0.647. The van der Waals surface area contributed by atoms with Crippen molar-refractivity contribution >= 4 is 0 Å². The molecule has 1 heterocycles. The highest BCUT2D eigenvalue weighted by atomic mass is 15.2. The maximum atomic E-state index is 6.27. The highest BCUT2D eigenvalue weighted by molar-refractivity contribution is 5.18. The molecule has 20 heavy (non-hydrogen) atoms. The summed E-state index contributed by atoms with van der Waals surface area (Å²) in [4.78, 5) is 4.95. The van der Waals surface area contributed by atoms with E-state index in [0.29, 0.717) is 0 Å². The van der Waals surface area contributed by atoms with Crippen LogP contribution < -0.4 is 5.73 Å². The molecular formula is C17H29N3. The first kappa shape index (κ1) is 15.5. The highest BCUT2D eigenvalue weighted by Gasteiger charge is 2.24. The van der Waals surface area contributed by atoms with Crippen LogP contribution in [0.3, 0.4) is 0 Å². The van der Waals surface area contributed by atoms with Gasteiger partial charge in [-0.1, -0.05) is 30.3 Å². The molecule has 2 rings (SSSR count). The standard InChI is InChI=1S/C17H29N3/c1-19(2)14-16-10-6-12-20(16)13-7-11-17(18)15-8-4-3-5-9-15/h3-5,8-9,16-17H,6-7,10-14,18H2,1-2H3. The number of nitrogens with two attached hydrogens (primary N) is 1. The molecule has 1 saturated heterocycles. The molecule has 0 aromatic heterocycles. The molecule has 0 radical (unpaired) electrons. The maximum absolute atomic E-state index is 6.27. The van der Waals surface area contributed by atoms with Crippen LogP contribution in [0.15, 0.2) is 30.3 Å². The van der Waals surface area contributed by atoms with Crippen LogP contribution in [-0.2, 0) is 0 Å². The average molecular weight is 275 g/mol. The van der Waals surface area contributed by atoms with Crippen molar-refractivity contribution in [1.82, 2.24) is 9.80 Å². The molecule has 1 aromatic rings. The average Bonchev–Trinajstić information content (AvgIpc) is 2.86. The first-order valence-electron chi connectivity index (χ1n) is 7.86. The van der Waals surface area contributed by atoms with E-state index in [2.05, 4.69) is 48.2 Å². The van der Waals surface area contributed by atoms with E-state index >= 15 is 0 Å². The number of nitrogens with zero attached hydrogens (tertiary/aromatic N) is 2. The molecule has 1 fully saturated rings. The number of likely N-dealkylation sites (N-methyl/N-ethyl adjacent to an activating group) is 1. The summed E-state index contributed by atoms with van der Waals surface area (Å²) in [5.74, 6) is 0. The molecule has 0 saturated carbocycles. The fourth-order valence-corrected chi connectivity index (χ4v) is 3.20. The van der Waals surface area contributed by atoms with E-state index < -0.39 is 0 Å². The van der Waals surface area contributed by atoms with Gasteiger partial charge in [0.2, 0.25) is 0 Å². The van der Waals surface area contributed by atoms with Crippen molar-refractivity contribution in [3.8, 4) is 0 Å². The minimum atomic E-state index is 0.186. The monoisotopic (exact) mass is 275 g/mol. The van der Waals surface area contributed by atoms with Crippen LogP contribution in [0, 0.1) is 0 Å². The third-order valence-corrected chi connectivity index (χ3v) is 4.26. The summed E-state index contributed by atoms with van der Waals surface area (Å²) in [5, 5.41) is 0. The molecule has 1 aromatic carbocycles. The van der Waals surface area contributed by atoms with Gasteiger partial charge < -0.3 is 10.6 Å². The molecule has 2 unspecified atom stereocenters. The second-order valence-electron chi connectivity index (χ2n) is 6.25. The lowest BCUT2D eigenvalue weighted by atomic mass is 10.0. The number of hydrogen-bond donors (Lipinski definition) is 1. The normalized spacial score (nSPS) is 21.5. The molecule has 2 N–H and O–H groups in total. The Morgan fingerprint density at radius 3 is 2.75 bits per heavy atom. The van der Waals surface area contributed by atoms with E-state index in [1.54, 1.807) is 0 Å². The van der Waals surface area contributed by atoms with Gasteiger partial charge in [0, 0.05) is 18.6 Å². The minimum Gasteiger partial charge on any atom is -0.324 e. The molecule has 0 bridgehead atoms. The van der Waals surface area contributed by atoms with Gasteiger partial charge >= 0.3 is 0 Å². The van der Waals surface area contributed by atoms with E-state index in [9.17, 15) is 0 Å². The van der Waals surface area contributed by atoms with E-state index in [4.69, 9.17) is 5.73 Å². The summed E-state index contributed by atoms with van der Waals surface area (Å²) in [7, 11) is 4.34. The topological polar surface area (TPSA) is 32.5 Å². The van der Waals surface area contributed by atoms with Gasteiger partial charge in [-0.05, 0) is 58.4 Å². The molecular weight excluding hydrogens is 246 g/mol. The molecule has 0 aliphatic carbocycles. The Bertz CT molecular complexity index is 377. The molecule has 1 aliphatic heterocycles. The second kappa shape index (κ2) is 7.77. The summed E-state index contributed by atoms with van der Waals surface area (Å²) in [6.07, 6.45) is 4.97. The Labute approximate surface area is 123 Å². The van der Waals surface area contributed by atoms with E-state index in [-0.39, 0.29) is 6.04 Å². The van der Waals surface area contributed by atoms with Crippen LogP contribution in [0.4, 0.5) is 0 Å². The summed E-state index contributed by atoms with van der Waals surface area (Å²) in [6.45, 7) is 3.64. The molecule has 3 heteroatoms. The Hall–Kier alpha value is -0.900. The lowest BCUT2D eigenvalue weighted by molar-refractivity contribution is 0.203.